The van der Waals surface area contributed by atoms with E-state index in [0.29, 0.717) is 11.5 Å². The second-order valence-electron chi connectivity index (χ2n) is 5.49. The molecule has 7 nitrogen and oxygen atoms in total. The Hall–Kier alpha value is -2.05. The summed E-state index contributed by atoms with van der Waals surface area (Å²) in [5.41, 5.74) is 0.440. The maximum atomic E-state index is 11.9. The summed E-state index contributed by atoms with van der Waals surface area (Å²) in [7, 11) is 1.69. The van der Waals surface area contributed by atoms with Gasteiger partial charge in [-0.05, 0) is 19.3 Å². The number of aliphatic carboxylic acids is 1. The van der Waals surface area contributed by atoms with Gasteiger partial charge in [0.2, 0.25) is 0 Å². The number of carbonyl (C=O) groups excluding carboxylic acids is 1. The second-order valence-corrected chi connectivity index (χ2v) is 5.49. The molecule has 0 spiro atoms. The van der Waals surface area contributed by atoms with E-state index in [2.05, 4.69) is 29.6 Å². The van der Waals surface area contributed by atoms with Crippen molar-refractivity contribution in [3.05, 3.63) is 18.0 Å². The van der Waals surface area contributed by atoms with E-state index in [0.717, 1.165) is 12.8 Å². The third-order valence-corrected chi connectivity index (χ3v) is 3.41. The molecule has 0 fully saturated rings. The molecule has 21 heavy (non-hydrogen) atoms. The zero-order chi connectivity index (χ0) is 16.0. The molecule has 1 aromatic heterocycles. The summed E-state index contributed by atoms with van der Waals surface area (Å²) in [5.74, 6) is -0.610. The van der Waals surface area contributed by atoms with E-state index in [9.17, 15) is 14.7 Å². The van der Waals surface area contributed by atoms with Gasteiger partial charge in [0.25, 0.3) is 0 Å². The van der Waals surface area contributed by atoms with Crippen LogP contribution in [0.15, 0.2) is 12.4 Å². The molecule has 3 unspecified atom stereocenters. The van der Waals surface area contributed by atoms with Crippen LogP contribution in [0.2, 0.25) is 0 Å². The van der Waals surface area contributed by atoms with Gasteiger partial charge in [0.05, 0.1) is 6.20 Å². The van der Waals surface area contributed by atoms with Crippen molar-refractivity contribution in [1.82, 2.24) is 20.4 Å². The van der Waals surface area contributed by atoms with Gasteiger partial charge in [0.15, 0.2) is 6.04 Å². The van der Waals surface area contributed by atoms with E-state index in [4.69, 9.17) is 0 Å². The summed E-state index contributed by atoms with van der Waals surface area (Å²) in [6, 6.07) is -1.60. The topological polar surface area (TPSA) is 96.2 Å². The summed E-state index contributed by atoms with van der Waals surface area (Å²) in [6.45, 7) is 6.12. The van der Waals surface area contributed by atoms with E-state index in [-0.39, 0.29) is 6.04 Å². The first-order valence-corrected chi connectivity index (χ1v) is 7.11. The Labute approximate surface area is 124 Å². The summed E-state index contributed by atoms with van der Waals surface area (Å²) in [5, 5.41) is 18.4. The first kappa shape index (κ1) is 17.0. The lowest BCUT2D eigenvalue weighted by molar-refractivity contribution is -0.139. The SMILES string of the molecule is CCC(C)CC(C)NC(=O)NC(C(=O)O)c1cnn(C)c1. The average molecular weight is 296 g/mol. The maximum absolute atomic E-state index is 11.9. The van der Waals surface area contributed by atoms with Crippen molar-refractivity contribution in [2.45, 2.75) is 45.7 Å². The molecule has 1 aromatic rings. The molecule has 0 aliphatic carbocycles. The number of nitrogens with zero attached hydrogens (tertiary/aromatic N) is 2. The third-order valence-electron chi connectivity index (χ3n) is 3.41. The van der Waals surface area contributed by atoms with Crippen molar-refractivity contribution in [2.75, 3.05) is 0 Å². The van der Waals surface area contributed by atoms with Gasteiger partial charge in [-0.15, -0.1) is 0 Å². The van der Waals surface area contributed by atoms with Gasteiger partial charge in [-0.25, -0.2) is 9.59 Å². The molecule has 1 rings (SSSR count). The predicted molar refractivity (Wildman–Crippen MR) is 78.8 cm³/mol. The predicted octanol–water partition coefficient (Wildman–Crippen LogP) is 1.67. The monoisotopic (exact) mass is 296 g/mol. The zero-order valence-corrected chi connectivity index (χ0v) is 13.0. The number of carboxylic acids is 1. The molecule has 0 radical (unpaired) electrons. The quantitative estimate of drug-likeness (QED) is 0.713. The smallest absolute Gasteiger partial charge is 0.331 e. The van der Waals surface area contributed by atoms with Crippen molar-refractivity contribution < 1.29 is 14.7 Å². The lowest BCUT2D eigenvalue weighted by atomic mass is 10.0. The van der Waals surface area contributed by atoms with Crippen LogP contribution < -0.4 is 10.6 Å². The number of hydrogen-bond donors (Lipinski definition) is 3. The van der Waals surface area contributed by atoms with Crippen LogP contribution in [0.5, 0.6) is 0 Å². The van der Waals surface area contributed by atoms with Crippen molar-refractivity contribution >= 4 is 12.0 Å². The lowest BCUT2D eigenvalue weighted by Gasteiger charge is -2.19. The van der Waals surface area contributed by atoms with E-state index in [1.165, 1.54) is 10.9 Å². The molecule has 0 saturated carbocycles. The molecular formula is C14H24N4O3. The van der Waals surface area contributed by atoms with Crippen molar-refractivity contribution in [3.8, 4) is 0 Å². The highest BCUT2D eigenvalue weighted by Crippen LogP contribution is 2.12. The van der Waals surface area contributed by atoms with Gasteiger partial charge in [0.1, 0.15) is 0 Å². The summed E-state index contributed by atoms with van der Waals surface area (Å²) < 4.78 is 1.50. The number of hydrogen-bond acceptors (Lipinski definition) is 3. The first-order chi connectivity index (χ1) is 9.83. The molecule has 0 aromatic carbocycles. The van der Waals surface area contributed by atoms with Crippen LogP contribution in [0, 0.1) is 5.92 Å². The molecule has 2 amide bonds. The van der Waals surface area contributed by atoms with Gasteiger partial charge in [0, 0.05) is 24.8 Å². The number of nitrogens with one attached hydrogen (secondary N) is 2. The molecule has 0 aliphatic heterocycles. The fraction of sp³-hybridized carbons (Fsp3) is 0.643. The fourth-order valence-corrected chi connectivity index (χ4v) is 2.10. The number of carboxylic acid groups (broad SMARTS) is 1. The highest BCUT2D eigenvalue weighted by molar-refractivity contribution is 5.83. The van der Waals surface area contributed by atoms with E-state index in [1.807, 2.05) is 6.92 Å². The summed E-state index contributed by atoms with van der Waals surface area (Å²) >= 11 is 0. The number of aromatic nitrogens is 2. The molecule has 0 bridgehead atoms. The van der Waals surface area contributed by atoms with Crippen molar-refractivity contribution in [3.63, 3.8) is 0 Å². The van der Waals surface area contributed by atoms with Crippen LogP contribution in [-0.2, 0) is 11.8 Å². The Bertz CT molecular complexity index is 486. The van der Waals surface area contributed by atoms with E-state index in [1.54, 1.807) is 13.2 Å². The Morgan fingerprint density at radius 1 is 1.38 bits per heavy atom. The number of carbonyl (C=O) groups is 2. The van der Waals surface area contributed by atoms with E-state index < -0.39 is 18.0 Å². The second kappa shape index (κ2) is 7.66. The number of aryl methyl sites for hydroxylation is 1. The summed E-state index contributed by atoms with van der Waals surface area (Å²) in [4.78, 5) is 23.2. The van der Waals surface area contributed by atoms with Gasteiger partial charge in [-0.2, -0.15) is 5.10 Å². The number of urea groups is 1. The molecule has 118 valence electrons. The minimum absolute atomic E-state index is 0.0108. The third kappa shape index (κ3) is 5.45. The van der Waals surface area contributed by atoms with Crippen molar-refractivity contribution in [1.29, 1.82) is 0 Å². The molecular weight excluding hydrogens is 272 g/mol. The van der Waals surface area contributed by atoms with Crippen molar-refractivity contribution in [2.24, 2.45) is 13.0 Å². The normalized spacial score (nSPS) is 15.0. The highest BCUT2D eigenvalue weighted by Gasteiger charge is 2.24. The van der Waals surface area contributed by atoms with Gasteiger partial charge in [-0.3, -0.25) is 4.68 Å². The number of rotatable bonds is 7. The minimum atomic E-state index is -1.12. The molecule has 3 atom stereocenters. The largest absolute Gasteiger partial charge is 0.479 e. The summed E-state index contributed by atoms with van der Waals surface area (Å²) in [6.07, 6.45) is 4.90. The molecule has 1 heterocycles. The first-order valence-electron chi connectivity index (χ1n) is 7.11. The van der Waals surface area contributed by atoms with Crippen LogP contribution in [0.3, 0.4) is 0 Å². The van der Waals surface area contributed by atoms with Gasteiger partial charge in [-0.1, -0.05) is 20.3 Å². The fourth-order valence-electron chi connectivity index (χ4n) is 2.10. The standard InChI is InChI=1S/C14H24N4O3/c1-5-9(2)6-10(3)16-14(21)17-12(13(19)20)11-7-15-18(4)8-11/h7-10,12H,5-6H2,1-4H3,(H,19,20)(H2,16,17,21). The van der Waals surface area contributed by atoms with Gasteiger partial charge < -0.3 is 15.7 Å². The van der Waals surface area contributed by atoms with E-state index >= 15 is 0 Å². The maximum Gasteiger partial charge on any atom is 0.331 e. The van der Waals surface area contributed by atoms with Crippen LogP contribution in [0.4, 0.5) is 4.79 Å². The van der Waals surface area contributed by atoms with Gasteiger partial charge >= 0.3 is 12.0 Å². The van der Waals surface area contributed by atoms with Crippen LogP contribution in [-0.4, -0.2) is 32.9 Å². The van der Waals surface area contributed by atoms with Crippen LogP contribution >= 0.6 is 0 Å². The Balaban J connectivity index is 2.59. The molecule has 0 saturated heterocycles. The minimum Gasteiger partial charge on any atom is -0.479 e. The molecule has 3 N–H and O–H groups in total. The van der Waals surface area contributed by atoms with Crippen LogP contribution in [0.1, 0.15) is 45.2 Å². The zero-order valence-electron chi connectivity index (χ0n) is 13.0. The number of amides is 2. The molecule has 7 heteroatoms. The van der Waals surface area contributed by atoms with Crippen LogP contribution in [0.25, 0.3) is 0 Å². The average Bonchev–Trinajstić information content (AvgIpc) is 2.81. The Morgan fingerprint density at radius 3 is 2.52 bits per heavy atom. The molecule has 0 aliphatic rings. The lowest BCUT2D eigenvalue weighted by Crippen LogP contribution is -2.44. The Kier molecular flexibility index (Phi) is 6.20. The highest BCUT2D eigenvalue weighted by atomic mass is 16.4. The Morgan fingerprint density at radius 2 is 2.05 bits per heavy atom.